The number of fused-ring (bicyclic) bond motifs is 12. The third-order valence-electron chi connectivity index (χ3n) is 14.2. The van der Waals surface area contributed by atoms with Crippen LogP contribution in [-0.4, -0.2) is 18.3 Å². The molecule has 14 rings (SSSR count). The summed E-state index contributed by atoms with van der Waals surface area (Å²) in [6.07, 6.45) is -4.59. The van der Waals surface area contributed by atoms with Gasteiger partial charge >= 0.3 is 6.18 Å². The van der Waals surface area contributed by atoms with Crippen molar-refractivity contribution in [1.29, 1.82) is 5.26 Å². The zero-order valence-corrected chi connectivity index (χ0v) is 37.2. The summed E-state index contributed by atoms with van der Waals surface area (Å²) in [4.78, 5) is 0. The molecule has 70 heavy (non-hydrogen) atoms. The highest BCUT2D eigenvalue weighted by molar-refractivity contribution is 6.17. The fourth-order valence-corrected chi connectivity index (χ4v) is 11.4. The van der Waals surface area contributed by atoms with Gasteiger partial charge in [0.15, 0.2) is 0 Å². The molecular formula is C62H36F3N5. The van der Waals surface area contributed by atoms with Gasteiger partial charge < -0.3 is 18.3 Å². The molecule has 0 radical (unpaired) electrons. The second-order valence-electron chi connectivity index (χ2n) is 17.8. The van der Waals surface area contributed by atoms with E-state index in [0.717, 1.165) is 87.2 Å². The predicted octanol–water partition coefficient (Wildman–Crippen LogP) is 16.6. The number of nitrogens with zero attached hydrogens (tertiary/aromatic N) is 5. The highest BCUT2D eigenvalue weighted by atomic mass is 19.4. The summed E-state index contributed by atoms with van der Waals surface area (Å²) in [6.45, 7) is 0. The topological polar surface area (TPSA) is 43.5 Å². The van der Waals surface area contributed by atoms with Crippen molar-refractivity contribution < 1.29 is 13.2 Å². The molecule has 0 amide bonds. The molecule has 0 saturated heterocycles. The lowest BCUT2D eigenvalue weighted by atomic mass is 9.92. The first-order valence-corrected chi connectivity index (χ1v) is 23.2. The van der Waals surface area contributed by atoms with E-state index in [1.165, 1.54) is 12.1 Å². The maximum absolute atomic E-state index is 14.8. The molecule has 0 aliphatic rings. The molecule has 0 atom stereocenters. The zero-order chi connectivity index (χ0) is 46.8. The van der Waals surface area contributed by atoms with Gasteiger partial charge in [0.05, 0.1) is 72.4 Å². The molecule has 0 spiro atoms. The Morgan fingerprint density at radius 1 is 0.300 bits per heavy atom. The Balaban J connectivity index is 1.36. The van der Waals surface area contributed by atoms with Crippen LogP contribution in [0.3, 0.4) is 0 Å². The number of para-hydroxylation sites is 8. The van der Waals surface area contributed by atoms with Crippen molar-refractivity contribution in [3.05, 3.63) is 230 Å². The molecule has 0 bridgehead atoms. The van der Waals surface area contributed by atoms with Crippen LogP contribution in [0, 0.1) is 11.3 Å². The van der Waals surface area contributed by atoms with E-state index in [1.54, 1.807) is 12.1 Å². The minimum atomic E-state index is -4.59. The van der Waals surface area contributed by atoms with E-state index in [1.807, 2.05) is 97.1 Å². The second kappa shape index (κ2) is 14.8. The lowest BCUT2D eigenvalue weighted by Gasteiger charge is -2.29. The van der Waals surface area contributed by atoms with Gasteiger partial charge in [0, 0.05) is 48.7 Å². The number of aromatic nitrogens is 4. The van der Waals surface area contributed by atoms with E-state index < -0.39 is 11.7 Å². The van der Waals surface area contributed by atoms with Gasteiger partial charge in [0.1, 0.15) is 11.6 Å². The maximum atomic E-state index is 14.8. The minimum Gasteiger partial charge on any atom is -0.306 e. The van der Waals surface area contributed by atoms with Crippen LogP contribution >= 0.6 is 0 Å². The summed E-state index contributed by atoms with van der Waals surface area (Å²) < 4.78 is 53.2. The molecule has 10 aromatic carbocycles. The number of hydrogen-bond donors (Lipinski definition) is 0. The van der Waals surface area contributed by atoms with E-state index in [-0.39, 0.29) is 0 Å². The summed E-state index contributed by atoms with van der Waals surface area (Å²) in [5.41, 5.74) is 10.2. The molecule has 4 aromatic heterocycles. The largest absolute Gasteiger partial charge is 0.416 e. The molecule has 14 aromatic rings. The third kappa shape index (κ3) is 5.48. The molecule has 0 aliphatic carbocycles. The van der Waals surface area contributed by atoms with Crippen LogP contribution in [0.5, 0.6) is 0 Å². The maximum Gasteiger partial charge on any atom is 0.416 e. The number of hydrogen-bond acceptors (Lipinski definition) is 1. The highest BCUT2D eigenvalue weighted by Crippen LogP contribution is 2.52. The van der Waals surface area contributed by atoms with Crippen LogP contribution in [0.2, 0.25) is 0 Å². The fourth-order valence-electron chi connectivity index (χ4n) is 11.4. The molecule has 0 aliphatic heterocycles. The minimum absolute atomic E-state index is 0.377. The van der Waals surface area contributed by atoms with Crippen LogP contribution in [-0.2, 0) is 6.18 Å². The Morgan fingerprint density at radius 2 is 0.529 bits per heavy atom. The molecule has 0 saturated carbocycles. The third-order valence-corrected chi connectivity index (χ3v) is 14.2. The normalized spacial score (nSPS) is 12.2. The van der Waals surface area contributed by atoms with Crippen molar-refractivity contribution in [3.63, 3.8) is 0 Å². The lowest BCUT2D eigenvalue weighted by Crippen LogP contribution is -2.16. The molecule has 5 nitrogen and oxygen atoms in total. The summed E-state index contributed by atoms with van der Waals surface area (Å²) in [5.74, 6) is 0. The van der Waals surface area contributed by atoms with Crippen LogP contribution < -0.4 is 0 Å². The summed E-state index contributed by atoms with van der Waals surface area (Å²) in [6, 6.07) is 74.4. The van der Waals surface area contributed by atoms with Gasteiger partial charge in [0.2, 0.25) is 0 Å². The van der Waals surface area contributed by atoms with Gasteiger partial charge in [-0.15, -0.1) is 0 Å². The molecule has 0 unspecified atom stereocenters. The van der Waals surface area contributed by atoms with Gasteiger partial charge in [-0.2, -0.15) is 18.4 Å². The molecule has 330 valence electrons. The Labute approximate surface area is 397 Å². The van der Waals surface area contributed by atoms with E-state index >= 15 is 0 Å². The zero-order valence-electron chi connectivity index (χ0n) is 37.2. The predicted molar refractivity (Wildman–Crippen MR) is 279 cm³/mol. The van der Waals surface area contributed by atoms with Gasteiger partial charge in [-0.25, -0.2) is 0 Å². The number of nitriles is 1. The average molecular weight is 908 g/mol. The highest BCUT2D eigenvalue weighted by Gasteiger charge is 2.36. The van der Waals surface area contributed by atoms with Crippen molar-refractivity contribution in [2.45, 2.75) is 6.18 Å². The van der Waals surface area contributed by atoms with E-state index in [9.17, 15) is 18.4 Å². The standard InChI is InChI=1S/C62H36F3N5/c63-62(64,65)39-35-33-38(34-36-39)57-60(69-53-29-13-5-21-44(53)45-22-6-14-30-54(45)69)58(67-49-25-9-1-17-40(49)41-18-2-10-26-50(41)67)48(37-66)59(68-51-27-11-3-19-42(51)43-20-4-12-28-52(43)68)61(57)70-55-31-15-7-23-46(55)47-24-8-16-32-56(47)70/h1-36H. The lowest BCUT2D eigenvalue weighted by molar-refractivity contribution is -0.137. The van der Waals surface area contributed by atoms with Crippen LogP contribution in [0.25, 0.3) is 121 Å². The SMILES string of the molecule is N#Cc1c(-n2c3ccccc3c3ccccc32)c(-n2c3ccccc3c3ccccc32)c(-c2ccc(C(F)(F)F)cc2)c(-n2c3ccccc3c3ccccc32)c1-n1c2ccccc2c2ccccc21. The smallest absolute Gasteiger partial charge is 0.306 e. The first-order valence-electron chi connectivity index (χ1n) is 23.2. The average Bonchev–Trinajstić information content (AvgIpc) is 4.13. The molecule has 4 heterocycles. The van der Waals surface area contributed by atoms with Crippen molar-refractivity contribution in [2.24, 2.45) is 0 Å². The first-order chi connectivity index (χ1) is 34.4. The van der Waals surface area contributed by atoms with E-state index in [4.69, 9.17) is 0 Å². The van der Waals surface area contributed by atoms with Crippen molar-refractivity contribution in [3.8, 4) is 39.9 Å². The van der Waals surface area contributed by atoms with Crippen LogP contribution in [0.1, 0.15) is 11.1 Å². The summed E-state index contributed by atoms with van der Waals surface area (Å²) in [5, 5.41) is 20.5. The first kappa shape index (κ1) is 39.8. The Kier molecular flexibility index (Phi) is 8.44. The summed E-state index contributed by atoms with van der Waals surface area (Å²) in [7, 11) is 0. The van der Waals surface area contributed by atoms with Gasteiger partial charge in [0.25, 0.3) is 0 Å². The van der Waals surface area contributed by atoms with Gasteiger partial charge in [-0.3, -0.25) is 0 Å². The van der Waals surface area contributed by atoms with Crippen molar-refractivity contribution >= 4 is 87.2 Å². The van der Waals surface area contributed by atoms with Crippen LogP contribution in [0.4, 0.5) is 13.2 Å². The number of benzene rings is 10. The fraction of sp³-hybridized carbons (Fsp3) is 0.0161. The van der Waals surface area contributed by atoms with Crippen LogP contribution in [0.15, 0.2) is 218 Å². The second-order valence-corrected chi connectivity index (χ2v) is 17.8. The van der Waals surface area contributed by atoms with Gasteiger partial charge in [-0.1, -0.05) is 158 Å². The van der Waals surface area contributed by atoms with Crippen molar-refractivity contribution in [2.75, 3.05) is 0 Å². The Hall–Kier alpha value is -9.32. The molecular weight excluding hydrogens is 872 g/mol. The van der Waals surface area contributed by atoms with E-state index in [2.05, 4.69) is 121 Å². The number of halogens is 3. The molecule has 8 heteroatoms. The quantitative estimate of drug-likeness (QED) is 0.170. The number of rotatable bonds is 5. The van der Waals surface area contributed by atoms with Gasteiger partial charge in [-0.05, 0) is 66.2 Å². The van der Waals surface area contributed by atoms with Crippen molar-refractivity contribution in [1.82, 2.24) is 18.3 Å². The number of alkyl halides is 3. The summed E-state index contributed by atoms with van der Waals surface area (Å²) >= 11 is 0. The monoisotopic (exact) mass is 907 g/mol. The Bertz CT molecular complexity index is 4070. The van der Waals surface area contributed by atoms with E-state index in [0.29, 0.717) is 39.4 Å². The Morgan fingerprint density at radius 3 is 0.757 bits per heavy atom. The molecule has 0 N–H and O–H groups in total. The molecule has 0 fully saturated rings.